The number of carbonyl (C=O) groups is 1. The first kappa shape index (κ1) is 19.9. The monoisotopic (exact) mass is 406 g/mol. The van der Waals surface area contributed by atoms with Gasteiger partial charge in [0.15, 0.2) is 5.82 Å². The molecule has 1 saturated heterocycles. The number of alkyl carbamates (subject to hydrolysis) is 1. The fraction of sp³-hybridized carbons (Fsp3) is 0.348. The number of aromatic hydroxyl groups is 1. The van der Waals surface area contributed by atoms with Gasteiger partial charge in [-0.1, -0.05) is 25.1 Å². The smallest absolute Gasteiger partial charge is 0.407 e. The zero-order valence-electron chi connectivity index (χ0n) is 17.3. The third kappa shape index (κ3) is 4.15. The van der Waals surface area contributed by atoms with Crippen LogP contribution in [-0.4, -0.2) is 46.9 Å². The van der Waals surface area contributed by atoms with Crippen LogP contribution in [0.2, 0.25) is 0 Å². The maximum absolute atomic E-state index is 11.9. The molecule has 156 valence electrons. The molecule has 1 aliphatic heterocycles. The van der Waals surface area contributed by atoms with Crippen LogP contribution < -0.4 is 10.2 Å². The van der Waals surface area contributed by atoms with E-state index >= 15 is 0 Å². The van der Waals surface area contributed by atoms with E-state index in [0.29, 0.717) is 24.5 Å². The number of carbonyl (C=O) groups excluding carboxylic acids is 1. The van der Waals surface area contributed by atoms with Crippen LogP contribution in [0.5, 0.6) is 5.75 Å². The van der Waals surface area contributed by atoms with Gasteiger partial charge in [0.25, 0.3) is 0 Å². The number of aromatic nitrogens is 2. The number of ether oxygens (including phenoxy) is 1. The van der Waals surface area contributed by atoms with Gasteiger partial charge >= 0.3 is 6.09 Å². The molecule has 3 aromatic rings. The van der Waals surface area contributed by atoms with Crippen molar-refractivity contribution in [2.45, 2.75) is 32.7 Å². The first-order valence-corrected chi connectivity index (χ1v) is 10.3. The summed E-state index contributed by atoms with van der Waals surface area (Å²) in [7, 11) is 0. The number of benzene rings is 2. The fourth-order valence-electron chi connectivity index (χ4n) is 3.72. The lowest BCUT2D eigenvalue weighted by molar-refractivity contribution is 0.143. The average Bonchev–Trinajstić information content (AvgIpc) is 3.19. The molecule has 1 atom stereocenters. The normalized spacial score (nSPS) is 16.1. The van der Waals surface area contributed by atoms with E-state index in [-0.39, 0.29) is 17.9 Å². The molecule has 2 aromatic carbocycles. The minimum atomic E-state index is -0.373. The van der Waals surface area contributed by atoms with Crippen molar-refractivity contribution >= 4 is 22.8 Å². The molecular formula is C23H26N4O3. The molecule has 1 aromatic heterocycles. The molecule has 7 nitrogen and oxygen atoms in total. The van der Waals surface area contributed by atoms with Gasteiger partial charge in [0, 0.05) is 18.5 Å². The highest BCUT2D eigenvalue weighted by Gasteiger charge is 2.27. The highest BCUT2D eigenvalue weighted by Crippen LogP contribution is 2.33. The van der Waals surface area contributed by atoms with Gasteiger partial charge in [-0.2, -0.15) is 0 Å². The first-order valence-electron chi connectivity index (χ1n) is 10.3. The van der Waals surface area contributed by atoms with Gasteiger partial charge in [-0.05, 0) is 49.6 Å². The Balaban J connectivity index is 1.66. The van der Waals surface area contributed by atoms with E-state index in [1.807, 2.05) is 44.2 Å². The van der Waals surface area contributed by atoms with Crippen LogP contribution in [0.25, 0.3) is 22.3 Å². The van der Waals surface area contributed by atoms with Gasteiger partial charge in [0.05, 0.1) is 23.7 Å². The third-order valence-electron chi connectivity index (χ3n) is 5.22. The minimum absolute atomic E-state index is 0.00148. The number of phenolic OH excluding ortho intramolecular Hbond substituents is 1. The molecule has 0 bridgehead atoms. The number of fused-ring (bicyclic) bond motifs is 1. The number of nitrogens with one attached hydrogen (secondary N) is 1. The minimum Gasteiger partial charge on any atom is -0.507 e. The molecule has 30 heavy (non-hydrogen) atoms. The van der Waals surface area contributed by atoms with Crippen molar-refractivity contribution in [1.29, 1.82) is 0 Å². The highest BCUT2D eigenvalue weighted by atomic mass is 16.5. The van der Waals surface area contributed by atoms with Gasteiger partial charge in [-0.3, -0.25) is 0 Å². The van der Waals surface area contributed by atoms with E-state index in [9.17, 15) is 9.90 Å². The lowest BCUT2D eigenvalue weighted by Gasteiger charge is -2.21. The average molecular weight is 406 g/mol. The number of aryl methyl sites for hydroxylation is 1. The highest BCUT2D eigenvalue weighted by molar-refractivity contribution is 5.92. The number of phenols is 1. The lowest BCUT2D eigenvalue weighted by atomic mass is 10.1. The number of nitrogens with zero attached hydrogens (tertiary/aromatic N) is 3. The fourth-order valence-corrected chi connectivity index (χ4v) is 3.72. The summed E-state index contributed by atoms with van der Waals surface area (Å²) in [5.41, 5.74) is 2.53. The molecule has 0 radical (unpaired) electrons. The van der Waals surface area contributed by atoms with Crippen molar-refractivity contribution in [2.24, 2.45) is 0 Å². The van der Waals surface area contributed by atoms with Gasteiger partial charge in [0.1, 0.15) is 11.6 Å². The van der Waals surface area contributed by atoms with Gasteiger partial charge in [-0.25, -0.2) is 14.8 Å². The Morgan fingerprint density at radius 1 is 1.27 bits per heavy atom. The topological polar surface area (TPSA) is 87.6 Å². The summed E-state index contributed by atoms with van der Waals surface area (Å²) >= 11 is 0. The third-order valence-corrected chi connectivity index (χ3v) is 5.22. The second-order valence-corrected chi connectivity index (χ2v) is 7.62. The Morgan fingerprint density at radius 2 is 2.10 bits per heavy atom. The van der Waals surface area contributed by atoms with Crippen LogP contribution in [0.3, 0.4) is 0 Å². The molecule has 1 unspecified atom stereocenters. The van der Waals surface area contributed by atoms with Crippen molar-refractivity contribution in [3.63, 3.8) is 0 Å². The van der Waals surface area contributed by atoms with Gasteiger partial charge in [0.2, 0.25) is 0 Å². The molecule has 2 N–H and O–H groups in total. The van der Waals surface area contributed by atoms with Crippen LogP contribution >= 0.6 is 0 Å². The Hall–Kier alpha value is -3.35. The van der Waals surface area contributed by atoms with Crippen molar-refractivity contribution < 1.29 is 14.6 Å². The number of anilines is 1. The molecule has 4 rings (SSSR count). The van der Waals surface area contributed by atoms with E-state index in [1.165, 1.54) is 0 Å². The van der Waals surface area contributed by atoms with Crippen LogP contribution in [-0.2, 0) is 4.74 Å². The summed E-state index contributed by atoms with van der Waals surface area (Å²) in [5.74, 6) is 1.44. The van der Waals surface area contributed by atoms with Crippen molar-refractivity contribution in [3.8, 4) is 17.1 Å². The van der Waals surface area contributed by atoms with Gasteiger partial charge in [-0.15, -0.1) is 0 Å². The van der Waals surface area contributed by atoms with E-state index in [1.54, 1.807) is 12.1 Å². The van der Waals surface area contributed by atoms with Crippen LogP contribution in [0.1, 0.15) is 25.3 Å². The maximum atomic E-state index is 11.9. The van der Waals surface area contributed by atoms with E-state index < -0.39 is 0 Å². The number of amides is 1. The van der Waals surface area contributed by atoms with Crippen LogP contribution in [0.4, 0.5) is 10.6 Å². The van der Waals surface area contributed by atoms with Crippen molar-refractivity contribution in [2.75, 3.05) is 24.6 Å². The molecular weight excluding hydrogens is 380 g/mol. The Bertz CT molecular complexity index is 1070. The quantitative estimate of drug-likeness (QED) is 0.665. The van der Waals surface area contributed by atoms with E-state index in [0.717, 1.165) is 41.7 Å². The maximum Gasteiger partial charge on any atom is 0.407 e. The summed E-state index contributed by atoms with van der Waals surface area (Å²) in [6.45, 7) is 5.82. The van der Waals surface area contributed by atoms with Gasteiger partial charge < -0.3 is 20.1 Å². The van der Waals surface area contributed by atoms with E-state index in [4.69, 9.17) is 14.7 Å². The molecule has 1 amide bonds. The number of para-hydroxylation sites is 1. The zero-order chi connectivity index (χ0) is 21.1. The predicted molar refractivity (Wildman–Crippen MR) is 117 cm³/mol. The molecule has 2 heterocycles. The predicted octanol–water partition coefficient (Wildman–Crippen LogP) is 4.03. The van der Waals surface area contributed by atoms with Crippen molar-refractivity contribution in [1.82, 2.24) is 15.3 Å². The SMILES string of the molecule is CCCOC(=O)NC1CCN(c2nc(-c3ccccc3O)nc3cc(C)ccc23)C1. The summed E-state index contributed by atoms with van der Waals surface area (Å²) in [4.78, 5) is 23.6. The summed E-state index contributed by atoms with van der Waals surface area (Å²) in [6.07, 6.45) is 1.23. The standard InChI is InChI=1S/C23H26N4O3/c1-3-12-30-23(29)24-16-10-11-27(14-16)22-17-9-8-15(2)13-19(17)25-21(26-22)18-6-4-5-7-20(18)28/h4-9,13,16,28H,3,10-12,14H2,1-2H3,(H,24,29). The van der Waals surface area contributed by atoms with Crippen molar-refractivity contribution in [3.05, 3.63) is 48.0 Å². The lowest BCUT2D eigenvalue weighted by Crippen LogP contribution is -2.37. The Kier molecular flexibility index (Phi) is 5.70. The number of hydrogen-bond acceptors (Lipinski definition) is 6. The number of hydrogen-bond donors (Lipinski definition) is 2. The Morgan fingerprint density at radius 3 is 2.90 bits per heavy atom. The summed E-state index contributed by atoms with van der Waals surface area (Å²) < 4.78 is 5.15. The second-order valence-electron chi connectivity index (χ2n) is 7.62. The first-order chi connectivity index (χ1) is 14.5. The molecule has 0 spiro atoms. The Labute approximate surface area is 175 Å². The van der Waals surface area contributed by atoms with Crippen LogP contribution in [0, 0.1) is 6.92 Å². The second kappa shape index (κ2) is 8.57. The molecule has 1 fully saturated rings. The molecule has 0 saturated carbocycles. The summed E-state index contributed by atoms with van der Waals surface area (Å²) in [6, 6.07) is 13.2. The number of rotatable bonds is 5. The zero-order valence-corrected chi connectivity index (χ0v) is 17.3. The molecule has 0 aliphatic carbocycles. The van der Waals surface area contributed by atoms with Crippen LogP contribution in [0.15, 0.2) is 42.5 Å². The molecule has 1 aliphatic rings. The molecule has 7 heteroatoms. The largest absolute Gasteiger partial charge is 0.507 e. The summed E-state index contributed by atoms with van der Waals surface area (Å²) in [5, 5.41) is 14.2. The van der Waals surface area contributed by atoms with E-state index in [2.05, 4.69) is 10.2 Å².